The number of hydrazine groups is 1. The summed E-state index contributed by atoms with van der Waals surface area (Å²) in [5, 5.41) is 1.77. The average molecular weight is 252 g/mol. The second kappa shape index (κ2) is 4.52. The summed E-state index contributed by atoms with van der Waals surface area (Å²) in [5.41, 5.74) is 0.195. The van der Waals surface area contributed by atoms with E-state index in [1.807, 2.05) is 0 Å². The summed E-state index contributed by atoms with van der Waals surface area (Å²) in [7, 11) is 1.56. The Morgan fingerprint density at radius 2 is 2.00 bits per heavy atom. The minimum Gasteiger partial charge on any atom is -0.282 e. The van der Waals surface area contributed by atoms with Crippen molar-refractivity contribution in [2.45, 2.75) is 0 Å². The van der Waals surface area contributed by atoms with Gasteiger partial charge in [0.2, 0.25) is 5.95 Å². The van der Waals surface area contributed by atoms with Gasteiger partial charge in [-0.1, -0.05) is 11.6 Å². The van der Waals surface area contributed by atoms with Gasteiger partial charge in [-0.05, 0) is 24.3 Å². The molecule has 6 nitrogen and oxygen atoms in total. The summed E-state index contributed by atoms with van der Waals surface area (Å²) in [6.07, 6.45) is 1.37. The van der Waals surface area contributed by atoms with E-state index in [2.05, 4.69) is 9.97 Å². The highest BCUT2D eigenvalue weighted by Crippen LogP contribution is 2.11. The van der Waals surface area contributed by atoms with Crippen LogP contribution in [0.2, 0.25) is 5.02 Å². The van der Waals surface area contributed by atoms with Crippen molar-refractivity contribution in [2.75, 3.05) is 12.1 Å². The van der Waals surface area contributed by atoms with E-state index in [9.17, 15) is 4.79 Å². The lowest BCUT2D eigenvalue weighted by molar-refractivity contribution is 0.819. The first-order valence-electron chi connectivity index (χ1n) is 4.78. The molecule has 0 fully saturated rings. The lowest BCUT2D eigenvalue weighted by Gasteiger charge is -2.10. The van der Waals surface area contributed by atoms with Gasteiger partial charge in [0, 0.05) is 12.1 Å². The molecular formula is C10H10ClN5O. The fourth-order valence-electron chi connectivity index (χ4n) is 1.28. The molecular weight excluding hydrogens is 242 g/mol. The van der Waals surface area contributed by atoms with Crippen molar-refractivity contribution in [3.05, 3.63) is 46.1 Å². The van der Waals surface area contributed by atoms with Gasteiger partial charge < -0.3 is 0 Å². The van der Waals surface area contributed by atoms with Crippen LogP contribution in [0.4, 0.5) is 5.95 Å². The first-order chi connectivity index (χ1) is 8.08. The maximum Gasteiger partial charge on any atom is 0.356 e. The second-order valence-corrected chi connectivity index (χ2v) is 3.83. The van der Waals surface area contributed by atoms with Crippen LogP contribution in [0.25, 0.3) is 5.69 Å². The zero-order valence-corrected chi connectivity index (χ0v) is 9.80. The summed E-state index contributed by atoms with van der Waals surface area (Å²) in [6, 6.07) is 6.79. The maximum absolute atomic E-state index is 11.7. The molecule has 0 amide bonds. The lowest BCUT2D eigenvalue weighted by Crippen LogP contribution is -2.32. The van der Waals surface area contributed by atoms with E-state index in [-0.39, 0.29) is 5.95 Å². The molecule has 0 aliphatic rings. The van der Waals surface area contributed by atoms with Crippen LogP contribution in [0, 0.1) is 0 Å². The zero-order chi connectivity index (χ0) is 12.4. The van der Waals surface area contributed by atoms with Gasteiger partial charge in [-0.15, -0.1) is 0 Å². The van der Waals surface area contributed by atoms with Crippen molar-refractivity contribution in [1.29, 1.82) is 0 Å². The molecule has 0 saturated carbocycles. The Bertz CT molecular complexity index is 578. The molecule has 2 N–H and O–H groups in total. The topological polar surface area (TPSA) is 77.0 Å². The fourth-order valence-corrected chi connectivity index (χ4v) is 1.40. The summed E-state index contributed by atoms with van der Waals surface area (Å²) in [6.45, 7) is 0. The third-order valence-electron chi connectivity index (χ3n) is 2.11. The molecule has 0 bridgehead atoms. The fraction of sp³-hybridized carbons (Fsp3) is 0.100. The van der Waals surface area contributed by atoms with Crippen molar-refractivity contribution in [1.82, 2.24) is 14.5 Å². The smallest absolute Gasteiger partial charge is 0.282 e. The second-order valence-electron chi connectivity index (χ2n) is 3.40. The van der Waals surface area contributed by atoms with Crippen molar-refractivity contribution >= 4 is 17.5 Å². The molecule has 17 heavy (non-hydrogen) atoms. The Morgan fingerprint density at radius 1 is 1.35 bits per heavy atom. The van der Waals surface area contributed by atoms with Gasteiger partial charge in [0.15, 0.2) is 0 Å². The molecule has 1 aromatic heterocycles. The lowest BCUT2D eigenvalue weighted by atomic mass is 10.3. The van der Waals surface area contributed by atoms with E-state index in [0.29, 0.717) is 10.7 Å². The molecule has 0 aliphatic carbocycles. The summed E-state index contributed by atoms with van der Waals surface area (Å²) in [5.74, 6) is 5.60. The minimum absolute atomic E-state index is 0.167. The Morgan fingerprint density at radius 3 is 2.53 bits per heavy atom. The number of halogens is 1. The molecule has 0 aliphatic heterocycles. The summed E-state index contributed by atoms with van der Waals surface area (Å²) < 4.78 is 1.31. The molecule has 1 heterocycles. The van der Waals surface area contributed by atoms with Gasteiger partial charge in [-0.25, -0.2) is 15.6 Å². The molecule has 1 aromatic carbocycles. The molecule has 0 radical (unpaired) electrons. The van der Waals surface area contributed by atoms with Crippen LogP contribution in [0.5, 0.6) is 0 Å². The Labute approximate surface area is 102 Å². The predicted octanol–water partition coefficient (Wildman–Crippen LogP) is 0.591. The van der Waals surface area contributed by atoms with Gasteiger partial charge in [0.05, 0.1) is 5.69 Å². The first-order valence-corrected chi connectivity index (χ1v) is 5.16. The number of hydrogen-bond donors (Lipinski definition) is 1. The normalized spacial score (nSPS) is 10.3. The average Bonchev–Trinajstić information content (AvgIpc) is 2.30. The van der Waals surface area contributed by atoms with E-state index < -0.39 is 5.69 Å². The van der Waals surface area contributed by atoms with Gasteiger partial charge in [-0.3, -0.25) is 9.58 Å². The molecule has 0 unspecified atom stereocenters. The van der Waals surface area contributed by atoms with Crippen molar-refractivity contribution in [3.63, 3.8) is 0 Å². The highest BCUT2D eigenvalue weighted by molar-refractivity contribution is 6.30. The highest BCUT2D eigenvalue weighted by Gasteiger charge is 2.05. The number of benzene rings is 1. The maximum atomic E-state index is 11.7. The molecule has 2 aromatic rings. The number of rotatable bonds is 2. The molecule has 2 rings (SSSR count). The Balaban J connectivity index is 2.47. The summed E-state index contributed by atoms with van der Waals surface area (Å²) in [4.78, 5) is 19.4. The monoisotopic (exact) mass is 251 g/mol. The van der Waals surface area contributed by atoms with Crippen LogP contribution >= 0.6 is 11.6 Å². The van der Waals surface area contributed by atoms with E-state index >= 15 is 0 Å². The summed E-state index contributed by atoms with van der Waals surface area (Å²) >= 11 is 5.76. The SMILES string of the molecule is CN(N)c1ncn(-c2ccc(Cl)cc2)c(=O)n1. The minimum atomic E-state index is -0.449. The standard InChI is InChI=1S/C10H10ClN5O/c1-15(12)9-13-6-16(10(17)14-9)8-4-2-7(11)3-5-8/h2-6H,12H2,1H3. The van der Waals surface area contributed by atoms with Crippen LogP contribution < -0.4 is 16.5 Å². The molecule has 0 atom stereocenters. The van der Waals surface area contributed by atoms with Gasteiger partial charge in [0.1, 0.15) is 6.33 Å². The number of aromatic nitrogens is 3. The number of hydrogen-bond acceptors (Lipinski definition) is 5. The van der Waals surface area contributed by atoms with Crippen LogP contribution in [0.15, 0.2) is 35.4 Å². The molecule has 0 spiro atoms. The van der Waals surface area contributed by atoms with Crippen LogP contribution in [0.3, 0.4) is 0 Å². The van der Waals surface area contributed by atoms with E-state index in [1.165, 1.54) is 15.9 Å². The Kier molecular flexibility index (Phi) is 3.08. The van der Waals surface area contributed by atoms with Gasteiger partial charge in [0.25, 0.3) is 0 Å². The highest BCUT2D eigenvalue weighted by atomic mass is 35.5. The third-order valence-corrected chi connectivity index (χ3v) is 2.36. The van der Waals surface area contributed by atoms with Crippen molar-refractivity contribution in [2.24, 2.45) is 5.84 Å². The van der Waals surface area contributed by atoms with Crippen LogP contribution in [-0.4, -0.2) is 21.6 Å². The Hall–Kier alpha value is -1.92. The quantitative estimate of drug-likeness (QED) is 0.624. The molecule has 88 valence electrons. The van der Waals surface area contributed by atoms with Crippen molar-refractivity contribution < 1.29 is 0 Å². The number of anilines is 1. The first kappa shape index (κ1) is 11.6. The van der Waals surface area contributed by atoms with Crippen LogP contribution in [0.1, 0.15) is 0 Å². The van der Waals surface area contributed by atoms with E-state index in [1.54, 1.807) is 31.3 Å². The van der Waals surface area contributed by atoms with E-state index in [0.717, 1.165) is 0 Å². The predicted molar refractivity (Wildman–Crippen MR) is 65.2 cm³/mol. The van der Waals surface area contributed by atoms with Gasteiger partial charge in [-0.2, -0.15) is 4.98 Å². The van der Waals surface area contributed by atoms with Crippen LogP contribution in [-0.2, 0) is 0 Å². The van der Waals surface area contributed by atoms with E-state index in [4.69, 9.17) is 17.4 Å². The largest absolute Gasteiger partial charge is 0.356 e. The third kappa shape index (κ3) is 2.43. The molecule has 0 saturated heterocycles. The zero-order valence-electron chi connectivity index (χ0n) is 9.04. The molecule has 7 heteroatoms. The van der Waals surface area contributed by atoms with Gasteiger partial charge >= 0.3 is 5.69 Å². The number of nitrogens with zero attached hydrogens (tertiary/aromatic N) is 4. The number of nitrogens with two attached hydrogens (primary N) is 1. The van der Waals surface area contributed by atoms with Crippen molar-refractivity contribution in [3.8, 4) is 5.69 Å².